The zero-order valence-electron chi connectivity index (χ0n) is 14.0. The lowest BCUT2D eigenvalue weighted by molar-refractivity contribution is 0.102. The Labute approximate surface area is 155 Å². The molecule has 0 bridgehead atoms. The fourth-order valence-electron chi connectivity index (χ4n) is 2.34. The van der Waals surface area contributed by atoms with Gasteiger partial charge in [-0.1, -0.05) is 23.7 Å². The zero-order chi connectivity index (χ0) is 18.9. The summed E-state index contributed by atoms with van der Waals surface area (Å²) in [4.78, 5) is 16.6. The number of aryl methyl sites for hydroxylation is 1. The normalized spacial score (nSPS) is 11.3. The van der Waals surface area contributed by atoms with E-state index in [1.54, 1.807) is 36.3 Å². The number of hydrogen-bond donors (Lipinski definition) is 1. The van der Waals surface area contributed by atoms with Crippen LogP contribution in [0.5, 0.6) is 0 Å². The molecule has 1 amide bonds. The van der Waals surface area contributed by atoms with Crippen molar-refractivity contribution in [2.24, 2.45) is 7.05 Å². The number of carbonyl (C=O) groups excluding carboxylic acids is 1. The smallest absolute Gasteiger partial charge is 0.255 e. The lowest BCUT2D eigenvalue weighted by Crippen LogP contribution is -2.13. The average Bonchev–Trinajstić information content (AvgIpc) is 3.01. The molecule has 1 aromatic heterocycles. The molecule has 0 aliphatic rings. The van der Waals surface area contributed by atoms with Crippen LogP contribution in [0.1, 0.15) is 10.4 Å². The minimum absolute atomic E-state index is 0.0762. The number of rotatable bonds is 4. The number of halogens is 1. The first-order valence-electron chi connectivity index (χ1n) is 7.51. The summed E-state index contributed by atoms with van der Waals surface area (Å²) in [6, 6.07) is 11.2. The van der Waals surface area contributed by atoms with Crippen molar-refractivity contribution in [2.45, 2.75) is 4.90 Å². The Morgan fingerprint density at radius 3 is 2.62 bits per heavy atom. The summed E-state index contributed by atoms with van der Waals surface area (Å²) >= 11 is 5.91. The minimum Gasteiger partial charge on any atom is -0.322 e. The molecule has 0 unspecified atom stereocenters. The maximum absolute atomic E-state index is 12.5. The van der Waals surface area contributed by atoms with Gasteiger partial charge in [0.05, 0.1) is 9.92 Å². The number of amides is 1. The van der Waals surface area contributed by atoms with Gasteiger partial charge in [-0.05, 0) is 30.3 Å². The number of nitrogens with one attached hydrogen (secondary N) is 1. The molecule has 0 saturated heterocycles. The molecule has 3 aromatic rings. The lowest BCUT2D eigenvalue weighted by atomic mass is 10.1. The second-order valence-electron chi connectivity index (χ2n) is 5.69. The van der Waals surface area contributed by atoms with Gasteiger partial charge in [0.1, 0.15) is 6.33 Å². The average molecular weight is 391 g/mol. The molecule has 3 rings (SSSR count). The highest BCUT2D eigenvalue weighted by atomic mass is 35.5. The maximum Gasteiger partial charge on any atom is 0.255 e. The van der Waals surface area contributed by atoms with Crippen molar-refractivity contribution in [3.63, 3.8) is 0 Å². The molecule has 0 aliphatic carbocycles. The number of carbonyl (C=O) groups is 1. The fourth-order valence-corrected chi connectivity index (χ4v) is 3.64. The highest BCUT2D eigenvalue weighted by Crippen LogP contribution is 2.24. The summed E-state index contributed by atoms with van der Waals surface area (Å²) in [5.74, 6) is 0.0900. The van der Waals surface area contributed by atoms with Crippen molar-refractivity contribution < 1.29 is 13.2 Å². The zero-order valence-corrected chi connectivity index (χ0v) is 15.5. The number of anilines is 1. The van der Waals surface area contributed by atoms with E-state index in [0.29, 0.717) is 11.5 Å². The number of nitrogens with zero attached hydrogens (tertiary/aromatic N) is 3. The van der Waals surface area contributed by atoms with E-state index in [4.69, 9.17) is 11.6 Å². The van der Waals surface area contributed by atoms with Crippen LogP contribution in [0, 0.1) is 0 Å². The Morgan fingerprint density at radius 2 is 1.96 bits per heavy atom. The number of benzene rings is 2. The van der Waals surface area contributed by atoms with Gasteiger partial charge in [0.2, 0.25) is 0 Å². The first-order chi connectivity index (χ1) is 12.2. The van der Waals surface area contributed by atoms with Crippen molar-refractivity contribution in [3.05, 3.63) is 59.4 Å². The summed E-state index contributed by atoms with van der Waals surface area (Å²) in [7, 11) is -1.77. The molecule has 0 aliphatic heterocycles. The summed E-state index contributed by atoms with van der Waals surface area (Å²) < 4.78 is 25.1. The predicted molar refractivity (Wildman–Crippen MR) is 99.0 cm³/mol. The van der Waals surface area contributed by atoms with Gasteiger partial charge in [0, 0.05) is 30.1 Å². The molecular formula is C17H15ClN4O3S. The lowest BCUT2D eigenvalue weighted by Gasteiger charge is -2.08. The van der Waals surface area contributed by atoms with Gasteiger partial charge in [-0.25, -0.2) is 13.4 Å². The Kier molecular flexibility index (Phi) is 4.80. The van der Waals surface area contributed by atoms with Gasteiger partial charge < -0.3 is 5.32 Å². The monoisotopic (exact) mass is 390 g/mol. The Morgan fingerprint density at radius 1 is 1.19 bits per heavy atom. The van der Waals surface area contributed by atoms with E-state index >= 15 is 0 Å². The molecule has 1 N–H and O–H groups in total. The van der Waals surface area contributed by atoms with Gasteiger partial charge in [-0.2, -0.15) is 5.10 Å². The van der Waals surface area contributed by atoms with Crippen LogP contribution in [0.2, 0.25) is 5.02 Å². The third kappa shape index (κ3) is 3.92. The SMILES string of the molecule is Cn1cnc(-c2cccc(NC(=O)c3ccc(Cl)c(S(C)(=O)=O)c3)c2)n1. The van der Waals surface area contributed by atoms with Crippen LogP contribution in [-0.4, -0.2) is 35.3 Å². The molecule has 2 aromatic carbocycles. The topological polar surface area (TPSA) is 94.0 Å². The second-order valence-corrected chi connectivity index (χ2v) is 8.09. The second kappa shape index (κ2) is 6.89. The molecule has 26 heavy (non-hydrogen) atoms. The van der Waals surface area contributed by atoms with E-state index in [9.17, 15) is 13.2 Å². The van der Waals surface area contributed by atoms with Gasteiger partial charge in [-0.15, -0.1) is 0 Å². The summed E-state index contributed by atoms with van der Waals surface area (Å²) in [5, 5.41) is 7.03. The van der Waals surface area contributed by atoms with Crippen LogP contribution in [0.4, 0.5) is 5.69 Å². The third-order valence-corrected chi connectivity index (χ3v) is 5.15. The van der Waals surface area contributed by atoms with E-state index in [0.717, 1.165) is 11.8 Å². The molecule has 0 spiro atoms. The van der Waals surface area contributed by atoms with E-state index < -0.39 is 15.7 Å². The summed E-state index contributed by atoms with van der Waals surface area (Å²) in [5.41, 5.74) is 1.48. The largest absolute Gasteiger partial charge is 0.322 e. The van der Waals surface area contributed by atoms with Gasteiger partial charge in [-0.3, -0.25) is 9.48 Å². The molecule has 0 fully saturated rings. The van der Waals surface area contributed by atoms with Crippen LogP contribution in [0.15, 0.2) is 53.7 Å². The molecule has 7 nitrogen and oxygen atoms in total. The maximum atomic E-state index is 12.5. The van der Waals surface area contributed by atoms with Crippen LogP contribution in [0.25, 0.3) is 11.4 Å². The Bertz CT molecular complexity index is 1090. The van der Waals surface area contributed by atoms with Crippen LogP contribution >= 0.6 is 11.6 Å². The molecule has 0 radical (unpaired) electrons. The summed E-state index contributed by atoms with van der Waals surface area (Å²) in [6.07, 6.45) is 2.63. The first-order valence-corrected chi connectivity index (χ1v) is 9.78. The molecule has 1 heterocycles. The van der Waals surface area contributed by atoms with Gasteiger partial charge in [0.15, 0.2) is 15.7 Å². The third-order valence-electron chi connectivity index (χ3n) is 3.57. The van der Waals surface area contributed by atoms with E-state index in [1.807, 2.05) is 6.07 Å². The molecule has 0 saturated carbocycles. The number of sulfone groups is 1. The van der Waals surface area contributed by atoms with Crippen molar-refractivity contribution in [3.8, 4) is 11.4 Å². The molecule has 134 valence electrons. The van der Waals surface area contributed by atoms with Crippen molar-refractivity contribution in [2.75, 3.05) is 11.6 Å². The number of aromatic nitrogens is 3. The van der Waals surface area contributed by atoms with Crippen molar-refractivity contribution in [1.82, 2.24) is 14.8 Å². The molecular weight excluding hydrogens is 376 g/mol. The molecule has 0 atom stereocenters. The standard InChI is InChI=1S/C17H15ClN4O3S/c1-22-10-19-16(21-22)11-4-3-5-13(8-11)20-17(23)12-6-7-14(18)15(9-12)26(2,24)25/h3-10H,1-2H3,(H,20,23). The molecule has 9 heteroatoms. The van der Waals surface area contributed by atoms with E-state index in [1.165, 1.54) is 18.2 Å². The van der Waals surface area contributed by atoms with Gasteiger partial charge >= 0.3 is 0 Å². The van der Waals surface area contributed by atoms with Gasteiger partial charge in [0.25, 0.3) is 5.91 Å². The van der Waals surface area contributed by atoms with Crippen LogP contribution < -0.4 is 5.32 Å². The quantitative estimate of drug-likeness (QED) is 0.739. The van der Waals surface area contributed by atoms with E-state index in [-0.39, 0.29) is 15.5 Å². The Hall–Kier alpha value is -2.71. The first kappa shape index (κ1) is 18.1. The van der Waals surface area contributed by atoms with Crippen molar-refractivity contribution >= 4 is 33.0 Å². The predicted octanol–water partition coefficient (Wildman–Crippen LogP) is 2.79. The summed E-state index contributed by atoms with van der Waals surface area (Å²) in [6.45, 7) is 0. The minimum atomic E-state index is -3.53. The number of hydrogen-bond acceptors (Lipinski definition) is 5. The van der Waals surface area contributed by atoms with Crippen LogP contribution in [-0.2, 0) is 16.9 Å². The highest BCUT2D eigenvalue weighted by molar-refractivity contribution is 7.90. The fraction of sp³-hybridized carbons (Fsp3) is 0.118. The highest BCUT2D eigenvalue weighted by Gasteiger charge is 2.16. The van der Waals surface area contributed by atoms with E-state index in [2.05, 4.69) is 15.4 Å². The van der Waals surface area contributed by atoms with Crippen LogP contribution in [0.3, 0.4) is 0 Å². The Balaban J connectivity index is 1.87. The van der Waals surface area contributed by atoms with Crippen molar-refractivity contribution in [1.29, 1.82) is 0 Å².